The Morgan fingerprint density at radius 1 is 1.56 bits per heavy atom. The molecule has 1 N–H and O–H groups in total. The van der Waals surface area contributed by atoms with E-state index in [1.165, 1.54) is 24.6 Å². The number of nitrogens with zero attached hydrogens (tertiary/aromatic N) is 3. The number of amides is 1. The van der Waals surface area contributed by atoms with Gasteiger partial charge in [0.1, 0.15) is 4.32 Å². The van der Waals surface area contributed by atoms with Crippen molar-refractivity contribution < 1.29 is 9.32 Å². The van der Waals surface area contributed by atoms with Gasteiger partial charge in [0.15, 0.2) is 5.82 Å². The van der Waals surface area contributed by atoms with Crippen LogP contribution in [0.25, 0.3) is 0 Å². The van der Waals surface area contributed by atoms with Crippen LogP contribution in [0.5, 0.6) is 0 Å². The Morgan fingerprint density at radius 2 is 2.28 bits per heavy atom. The minimum absolute atomic E-state index is 0.130. The number of thiocarbonyl (C=S) groups is 1. The second-order valence-corrected chi connectivity index (χ2v) is 5.55. The van der Waals surface area contributed by atoms with Gasteiger partial charge in [-0.25, -0.2) is 0 Å². The lowest BCUT2D eigenvalue weighted by molar-refractivity contribution is -0.113. The Bertz CT molecular complexity index is 443. The molecule has 0 aliphatic carbocycles. The molecule has 98 valence electrons. The van der Waals surface area contributed by atoms with Crippen LogP contribution < -0.4 is 5.32 Å². The van der Waals surface area contributed by atoms with Crippen molar-refractivity contribution in [1.29, 1.82) is 0 Å². The predicted molar refractivity (Wildman–Crippen MR) is 73.5 cm³/mol. The Hall–Kier alpha value is -1.15. The largest absolute Gasteiger partial charge is 0.358 e. The lowest BCUT2D eigenvalue weighted by atomic mass is 10.4. The molecule has 1 amide bonds. The van der Waals surface area contributed by atoms with Crippen LogP contribution in [0.15, 0.2) is 4.52 Å². The summed E-state index contributed by atoms with van der Waals surface area (Å²) in [6.07, 6.45) is 2.35. The van der Waals surface area contributed by atoms with Gasteiger partial charge >= 0.3 is 6.01 Å². The van der Waals surface area contributed by atoms with Crippen molar-refractivity contribution in [3.05, 3.63) is 5.82 Å². The number of aromatic nitrogens is 2. The number of carbonyl (C=O) groups is 1. The van der Waals surface area contributed by atoms with E-state index in [0.717, 1.165) is 17.4 Å². The summed E-state index contributed by atoms with van der Waals surface area (Å²) >= 11 is 6.62. The van der Waals surface area contributed by atoms with Gasteiger partial charge in [-0.05, 0) is 19.8 Å². The summed E-state index contributed by atoms with van der Waals surface area (Å²) < 4.78 is 5.58. The van der Waals surface area contributed by atoms with Crippen LogP contribution in [0.1, 0.15) is 18.7 Å². The highest BCUT2D eigenvalue weighted by Crippen LogP contribution is 2.16. The normalized spacial score (nSPS) is 14.8. The SMILES string of the molecule is Cc1noc(NC(=O)CSC(=S)N2CCCC2)n1. The van der Waals surface area contributed by atoms with Gasteiger partial charge in [0.2, 0.25) is 5.91 Å². The van der Waals surface area contributed by atoms with Crippen LogP contribution in [-0.4, -0.2) is 44.1 Å². The minimum atomic E-state index is -0.190. The second kappa shape index (κ2) is 6.14. The first kappa shape index (κ1) is 13.3. The summed E-state index contributed by atoms with van der Waals surface area (Å²) in [4.78, 5) is 17.6. The van der Waals surface area contributed by atoms with Gasteiger partial charge in [-0.15, -0.1) is 0 Å². The molecule has 8 heteroatoms. The number of likely N-dealkylation sites (tertiary alicyclic amines) is 1. The molecule has 0 bridgehead atoms. The fourth-order valence-corrected chi connectivity index (χ4v) is 2.67. The molecule has 0 unspecified atom stereocenters. The van der Waals surface area contributed by atoms with E-state index in [9.17, 15) is 4.79 Å². The summed E-state index contributed by atoms with van der Waals surface area (Å²) in [6, 6.07) is 0.130. The van der Waals surface area contributed by atoms with Crippen LogP contribution in [0.3, 0.4) is 0 Å². The molecule has 1 aromatic rings. The van der Waals surface area contributed by atoms with Gasteiger partial charge < -0.3 is 9.42 Å². The zero-order valence-electron chi connectivity index (χ0n) is 10.0. The number of nitrogens with one attached hydrogen (secondary N) is 1. The van der Waals surface area contributed by atoms with Crippen molar-refractivity contribution in [3.63, 3.8) is 0 Å². The lowest BCUT2D eigenvalue weighted by Crippen LogP contribution is -2.25. The third-order valence-electron chi connectivity index (χ3n) is 2.46. The Labute approximate surface area is 114 Å². The van der Waals surface area contributed by atoms with E-state index in [0.29, 0.717) is 5.82 Å². The lowest BCUT2D eigenvalue weighted by Gasteiger charge is -2.16. The number of aryl methyl sites for hydroxylation is 1. The van der Waals surface area contributed by atoms with E-state index < -0.39 is 0 Å². The minimum Gasteiger partial charge on any atom is -0.358 e. The monoisotopic (exact) mass is 286 g/mol. The third-order valence-corrected chi connectivity index (χ3v) is 3.99. The van der Waals surface area contributed by atoms with Crippen LogP contribution in [0.4, 0.5) is 6.01 Å². The summed E-state index contributed by atoms with van der Waals surface area (Å²) in [5, 5.41) is 6.12. The highest BCUT2D eigenvalue weighted by molar-refractivity contribution is 8.23. The average molecular weight is 286 g/mol. The van der Waals surface area contributed by atoms with Gasteiger partial charge in [-0.1, -0.05) is 29.1 Å². The zero-order chi connectivity index (χ0) is 13.0. The molecule has 0 spiro atoms. The Morgan fingerprint density at radius 3 is 2.89 bits per heavy atom. The molecule has 1 aliphatic heterocycles. The van der Waals surface area contributed by atoms with E-state index in [-0.39, 0.29) is 17.7 Å². The van der Waals surface area contributed by atoms with Gasteiger partial charge in [0.05, 0.1) is 5.75 Å². The standard InChI is InChI=1S/C10H14N4O2S2/c1-7-11-9(16-13-7)12-8(15)6-18-10(17)14-4-2-3-5-14/h2-6H2,1H3,(H,11,12,13,15). The maximum atomic E-state index is 11.6. The van der Waals surface area contributed by atoms with Gasteiger partial charge in [0.25, 0.3) is 0 Å². The van der Waals surface area contributed by atoms with Crippen LogP contribution >= 0.6 is 24.0 Å². The Balaban J connectivity index is 1.72. The summed E-state index contributed by atoms with van der Waals surface area (Å²) in [5.74, 6) is 0.562. The maximum absolute atomic E-state index is 11.6. The average Bonchev–Trinajstić information content (AvgIpc) is 2.97. The van der Waals surface area contributed by atoms with Crippen molar-refractivity contribution in [2.24, 2.45) is 0 Å². The van der Waals surface area contributed by atoms with Gasteiger partial charge in [-0.2, -0.15) is 4.98 Å². The number of rotatable bonds is 3. The second-order valence-electron chi connectivity index (χ2n) is 3.94. The first-order valence-corrected chi connectivity index (χ1v) is 7.06. The van der Waals surface area contributed by atoms with Crippen molar-refractivity contribution in [3.8, 4) is 0 Å². The molecule has 18 heavy (non-hydrogen) atoms. The first-order chi connectivity index (χ1) is 8.65. The topological polar surface area (TPSA) is 71.3 Å². The quantitative estimate of drug-likeness (QED) is 0.843. The maximum Gasteiger partial charge on any atom is 0.328 e. The number of carbonyl (C=O) groups excluding carboxylic acids is 1. The molecule has 1 saturated heterocycles. The summed E-state index contributed by atoms with van der Waals surface area (Å²) in [6.45, 7) is 3.68. The van der Waals surface area contributed by atoms with Gasteiger partial charge in [-0.3, -0.25) is 10.1 Å². The summed E-state index contributed by atoms with van der Waals surface area (Å²) in [5.41, 5.74) is 0. The molecule has 0 aromatic carbocycles. The van der Waals surface area contributed by atoms with Crippen LogP contribution in [0.2, 0.25) is 0 Å². The van der Waals surface area contributed by atoms with Crippen LogP contribution in [0, 0.1) is 6.92 Å². The Kier molecular flexibility index (Phi) is 4.54. The fourth-order valence-electron chi connectivity index (χ4n) is 1.62. The number of anilines is 1. The van der Waals surface area contributed by atoms with Crippen LogP contribution in [-0.2, 0) is 4.79 Å². The molecule has 0 atom stereocenters. The predicted octanol–water partition coefficient (Wildman–Crippen LogP) is 1.43. The number of hydrogen-bond acceptors (Lipinski definition) is 6. The smallest absolute Gasteiger partial charge is 0.328 e. The van der Waals surface area contributed by atoms with E-state index in [1.54, 1.807) is 6.92 Å². The molecule has 0 saturated carbocycles. The molecule has 2 rings (SSSR count). The zero-order valence-corrected chi connectivity index (χ0v) is 11.6. The molecule has 0 radical (unpaired) electrons. The fraction of sp³-hybridized carbons (Fsp3) is 0.600. The molecule has 1 aliphatic rings. The van der Waals surface area contributed by atoms with Crippen molar-refractivity contribution in [2.45, 2.75) is 19.8 Å². The molecule has 6 nitrogen and oxygen atoms in total. The molecular formula is C10H14N4O2S2. The van der Waals surface area contributed by atoms with Crippen molar-refractivity contribution >= 4 is 40.2 Å². The third kappa shape index (κ3) is 3.67. The van der Waals surface area contributed by atoms with E-state index in [2.05, 4.69) is 20.4 Å². The van der Waals surface area contributed by atoms with Crippen molar-refractivity contribution in [1.82, 2.24) is 15.0 Å². The van der Waals surface area contributed by atoms with E-state index in [1.807, 2.05) is 0 Å². The molecule has 1 aromatic heterocycles. The van der Waals surface area contributed by atoms with E-state index >= 15 is 0 Å². The molecular weight excluding hydrogens is 272 g/mol. The first-order valence-electron chi connectivity index (χ1n) is 5.67. The number of thioether (sulfide) groups is 1. The highest BCUT2D eigenvalue weighted by Gasteiger charge is 2.16. The summed E-state index contributed by atoms with van der Waals surface area (Å²) in [7, 11) is 0. The van der Waals surface area contributed by atoms with Gasteiger partial charge in [0, 0.05) is 13.1 Å². The molecule has 1 fully saturated rings. The number of hydrogen-bond donors (Lipinski definition) is 1. The van der Waals surface area contributed by atoms with Crippen molar-refractivity contribution in [2.75, 3.05) is 24.2 Å². The van der Waals surface area contributed by atoms with E-state index in [4.69, 9.17) is 16.7 Å². The molecule has 2 heterocycles. The highest BCUT2D eigenvalue weighted by atomic mass is 32.2.